The minimum Gasteiger partial charge on any atom is -0.314 e. The highest BCUT2D eigenvalue weighted by Crippen LogP contribution is 2.66. The maximum absolute atomic E-state index is 2.62. The molecular formula is C57H47NS. The predicted octanol–water partition coefficient (Wildman–Crippen LogP) is 14.9. The summed E-state index contributed by atoms with van der Waals surface area (Å²) in [7, 11) is 0. The Morgan fingerprint density at radius 2 is 1.20 bits per heavy atom. The normalized spacial score (nSPS) is 22.3. The minimum atomic E-state index is -0.329. The van der Waals surface area contributed by atoms with Crippen LogP contribution in [0.5, 0.6) is 0 Å². The van der Waals surface area contributed by atoms with Crippen molar-refractivity contribution in [2.75, 3.05) is 4.90 Å². The summed E-state index contributed by atoms with van der Waals surface area (Å²) in [5.41, 5.74) is 16.6. The summed E-state index contributed by atoms with van der Waals surface area (Å²) < 4.78 is 0. The van der Waals surface area contributed by atoms with E-state index in [2.05, 4.69) is 239 Å². The molecule has 4 aliphatic rings. The summed E-state index contributed by atoms with van der Waals surface area (Å²) in [5.74, 6) is 0. The highest BCUT2D eigenvalue weighted by Gasteiger charge is 2.57. The van der Waals surface area contributed by atoms with E-state index >= 15 is 0 Å². The first-order valence-corrected chi connectivity index (χ1v) is 21.9. The molecule has 0 aromatic heterocycles. The van der Waals surface area contributed by atoms with Gasteiger partial charge < -0.3 is 4.90 Å². The van der Waals surface area contributed by atoms with Crippen molar-refractivity contribution in [1.29, 1.82) is 0 Å². The van der Waals surface area contributed by atoms with Gasteiger partial charge in [0.25, 0.3) is 0 Å². The van der Waals surface area contributed by atoms with E-state index in [0.29, 0.717) is 0 Å². The van der Waals surface area contributed by atoms with Gasteiger partial charge in [0.15, 0.2) is 0 Å². The SMILES string of the molecule is CC1(c2ccccc2)C=CC(N(C2=CC3=C(c4c(cc(-c5ccccc5)c5ccccc45)C3(C)C)C3Sc4ccccc4C23C)c2ccc(-c3ccccc3)cc2)=CC1. The Morgan fingerprint density at radius 1 is 0.593 bits per heavy atom. The third kappa shape index (κ3) is 5.46. The summed E-state index contributed by atoms with van der Waals surface area (Å²) in [5, 5.41) is 2.84. The topological polar surface area (TPSA) is 3.24 Å². The number of rotatable bonds is 6. The molecule has 1 aliphatic heterocycles. The van der Waals surface area contributed by atoms with E-state index in [1.807, 2.05) is 0 Å². The van der Waals surface area contributed by atoms with E-state index in [1.165, 1.54) is 88.4 Å². The smallest absolute Gasteiger partial charge is 0.0505 e. The lowest BCUT2D eigenvalue weighted by Crippen LogP contribution is -2.44. The summed E-state index contributed by atoms with van der Waals surface area (Å²) >= 11 is 2.07. The number of anilines is 1. The average molecular weight is 778 g/mol. The number of benzene rings is 7. The molecule has 0 radical (unpaired) electrons. The number of nitrogens with zero attached hydrogens (tertiary/aromatic N) is 1. The first kappa shape index (κ1) is 36.0. The van der Waals surface area contributed by atoms with Crippen molar-refractivity contribution in [3.8, 4) is 22.3 Å². The summed E-state index contributed by atoms with van der Waals surface area (Å²) in [6, 6.07) is 62.8. The highest BCUT2D eigenvalue weighted by atomic mass is 32.2. The second kappa shape index (κ2) is 13.5. The molecule has 2 heteroatoms. The van der Waals surface area contributed by atoms with Gasteiger partial charge in [0.1, 0.15) is 0 Å². The Bertz CT molecular complexity index is 2920. The van der Waals surface area contributed by atoms with Gasteiger partial charge in [0.05, 0.1) is 10.7 Å². The fourth-order valence-electron chi connectivity index (χ4n) is 10.5. The molecular weight excluding hydrogens is 731 g/mol. The van der Waals surface area contributed by atoms with Crippen molar-refractivity contribution in [2.45, 2.75) is 60.5 Å². The lowest BCUT2D eigenvalue weighted by Gasteiger charge is -2.46. The molecule has 0 fully saturated rings. The number of allylic oxidation sites excluding steroid dienone is 6. The van der Waals surface area contributed by atoms with Crippen molar-refractivity contribution < 1.29 is 0 Å². The van der Waals surface area contributed by atoms with Crippen molar-refractivity contribution in [3.63, 3.8) is 0 Å². The Labute approximate surface area is 353 Å². The van der Waals surface area contributed by atoms with Crippen LogP contribution in [-0.2, 0) is 16.2 Å². The van der Waals surface area contributed by atoms with E-state index in [9.17, 15) is 0 Å². The van der Waals surface area contributed by atoms with E-state index in [-0.39, 0.29) is 21.5 Å². The number of hydrogen-bond acceptors (Lipinski definition) is 2. The van der Waals surface area contributed by atoms with Gasteiger partial charge in [0.2, 0.25) is 0 Å². The van der Waals surface area contributed by atoms with Crippen LogP contribution in [0.1, 0.15) is 56.4 Å². The monoisotopic (exact) mass is 777 g/mol. The van der Waals surface area contributed by atoms with Crippen molar-refractivity contribution in [1.82, 2.24) is 0 Å². The third-order valence-electron chi connectivity index (χ3n) is 13.8. The highest BCUT2D eigenvalue weighted by molar-refractivity contribution is 8.00. The van der Waals surface area contributed by atoms with Crippen molar-refractivity contribution in [3.05, 3.63) is 233 Å². The van der Waals surface area contributed by atoms with Crippen LogP contribution in [-0.4, -0.2) is 5.25 Å². The molecule has 7 aromatic carbocycles. The quantitative estimate of drug-likeness (QED) is 0.165. The van der Waals surface area contributed by atoms with Crippen LogP contribution >= 0.6 is 11.8 Å². The van der Waals surface area contributed by atoms with Crippen LogP contribution in [0.3, 0.4) is 0 Å². The molecule has 1 nitrogen and oxygen atoms in total. The predicted molar refractivity (Wildman–Crippen MR) is 251 cm³/mol. The summed E-state index contributed by atoms with van der Waals surface area (Å²) in [6.07, 6.45) is 10.9. The van der Waals surface area contributed by atoms with E-state index in [4.69, 9.17) is 0 Å². The zero-order valence-corrected chi connectivity index (χ0v) is 34.9. The van der Waals surface area contributed by atoms with Crippen LogP contribution < -0.4 is 4.90 Å². The molecule has 3 atom stereocenters. The lowest BCUT2D eigenvalue weighted by molar-refractivity contribution is 0.554. The summed E-state index contributed by atoms with van der Waals surface area (Å²) in [4.78, 5) is 3.99. The maximum atomic E-state index is 2.62. The van der Waals surface area contributed by atoms with Crippen molar-refractivity contribution >= 4 is 33.8 Å². The van der Waals surface area contributed by atoms with Crippen LogP contribution in [0.15, 0.2) is 216 Å². The molecule has 0 amide bonds. The Balaban J connectivity index is 1.15. The lowest BCUT2D eigenvalue weighted by atomic mass is 9.67. The fourth-order valence-corrected chi connectivity index (χ4v) is 12.2. The maximum Gasteiger partial charge on any atom is 0.0505 e. The Morgan fingerprint density at radius 3 is 1.90 bits per heavy atom. The van der Waals surface area contributed by atoms with Crippen LogP contribution in [0, 0.1) is 0 Å². The second-order valence-corrected chi connectivity index (χ2v) is 18.8. The van der Waals surface area contributed by atoms with Gasteiger partial charge in [-0.2, -0.15) is 0 Å². The zero-order chi connectivity index (χ0) is 39.9. The third-order valence-corrected chi connectivity index (χ3v) is 15.4. The first-order valence-electron chi connectivity index (χ1n) is 21.0. The van der Waals surface area contributed by atoms with E-state index in [0.717, 1.165) is 6.42 Å². The molecule has 11 rings (SSSR count). The number of fused-ring (bicyclic) bond motifs is 8. The van der Waals surface area contributed by atoms with Gasteiger partial charge in [-0.15, -0.1) is 11.8 Å². The second-order valence-electron chi connectivity index (χ2n) is 17.6. The minimum absolute atomic E-state index is 0.0842. The number of hydrogen-bond donors (Lipinski definition) is 0. The standard InChI is InChI=1S/C57H47NS/c1-55(2)48-36-46(40-20-10-6-11-21-40)44-24-14-15-25-45(44)52(48)53-49(55)37-51(57(4)47-26-16-17-27-50(47)59-54(53)57)58(42-30-28-39(29-31-42)38-18-8-5-9-19-38)43-32-34-56(3,35-33-43)41-22-12-7-13-23-41/h5-34,36-37,54H,35H2,1-4H3. The molecule has 0 saturated carbocycles. The van der Waals surface area contributed by atoms with E-state index in [1.54, 1.807) is 0 Å². The molecule has 7 aromatic rings. The van der Waals surface area contributed by atoms with E-state index < -0.39 is 0 Å². The Hall–Kier alpha value is -6.09. The Kier molecular flexibility index (Phi) is 8.23. The molecule has 286 valence electrons. The molecule has 0 spiro atoms. The summed E-state index contributed by atoms with van der Waals surface area (Å²) in [6.45, 7) is 9.83. The number of thioether (sulfide) groups is 1. The average Bonchev–Trinajstić information content (AvgIpc) is 3.72. The molecule has 3 aliphatic carbocycles. The van der Waals surface area contributed by atoms with Crippen LogP contribution in [0.25, 0.3) is 38.6 Å². The zero-order valence-electron chi connectivity index (χ0n) is 34.1. The molecule has 59 heavy (non-hydrogen) atoms. The largest absolute Gasteiger partial charge is 0.314 e. The van der Waals surface area contributed by atoms with Gasteiger partial charge in [-0.1, -0.05) is 179 Å². The van der Waals surface area contributed by atoms with Crippen LogP contribution in [0.2, 0.25) is 0 Å². The van der Waals surface area contributed by atoms with Crippen molar-refractivity contribution in [2.24, 2.45) is 0 Å². The molecule has 0 N–H and O–H groups in total. The molecule has 1 heterocycles. The van der Waals surface area contributed by atoms with Gasteiger partial charge in [0, 0.05) is 32.8 Å². The fraction of sp³-hybridized carbons (Fsp3) is 0.158. The van der Waals surface area contributed by atoms with Gasteiger partial charge in [-0.05, 0) is 116 Å². The van der Waals surface area contributed by atoms with Crippen LogP contribution in [0.4, 0.5) is 5.69 Å². The van der Waals surface area contributed by atoms with Gasteiger partial charge >= 0.3 is 0 Å². The molecule has 3 unspecified atom stereocenters. The molecule has 0 bridgehead atoms. The van der Waals surface area contributed by atoms with Gasteiger partial charge in [-0.3, -0.25) is 0 Å². The first-order chi connectivity index (χ1) is 28.8. The molecule has 0 saturated heterocycles. The van der Waals surface area contributed by atoms with Gasteiger partial charge in [-0.25, -0.2) is 0 Å².